The van der Waals surface area contributed by atoms with Crippen molar-refractivity contribution in [2.24, 2.45) is 0 Å². The van der Waals surface area contributed by atoms with E-state index < -0.39 is 24.5 Å². The number of methoxy groups -OCH3 is 2. The molecule has 0 bridgehead atoms. The van der Waals surface area contributed by atoms with E-state index in [2.05, 4.69) is 15.4 Å². The van der Waals surface area contributed by atoms with Crippen LogP contribution in [0.3, 0.4) is 0 Å². The van der Waals surface area contributed by atoms with Crippen molar-refractivity contribution >= 4 is 23.3 Å². The number of aliphatic hydroxyl groups is 1. The molecule has 0 aliphatic carbocycles. The Morgan fingerprint density at radius 1 is 1.04 bits per heavy atom. The predicted octanol–water partition coefficient (Wildman–Crippen LogP) is 1.70. The minimum atomic E-state index is -1.13. The van der Waals surface area contributed by atoms with Gasteiger partial charge < -0.3 is 25.2 Å². The minimum Gasteiger partial charge on any atom is -0.495 e. The summed E-state index contributed by atoms with van der Waals surface area (Å²) in [5.74, 6) is -0.603. The van der Waals surface area contributed by atoms with Crippen LogP contribution >= 0.6 is 0 Å². The van der Waals surface area contributed by atoms with Crippen LogP contribution in [0.2, 0.25) is 0 Å². The highest BCUT2D eigenvalue weighted by atomic mass is 16.5. The highest BCUT2D eigenvalue weighted by Crippen LogP contribution is 2.28. The molecule has 25 heavy (non-hydrogen) atoms. The molecule has 3 N–H and O–H groups in total. The number of aliphatic hydroxyl groups excluding tert-OH is 1. The first-order valence-corrected chi connectivity index (χ1v) is 7.59. The Morgan fingerprint density at radius 2 is 1.68 bits per heavy atom. The van der Waals surface area contributed by atoms with Gasteiger partial charge in [0, 0.05) is 0 Å². The van der Waals surface area contributed by atoms with E-state index in [1.54, 1.807) is 37.4 Å². The van der Waals surface area contributed by atoms with Gasteiger partial charge in [0.1, 0.15) is 5.75 Å². The van der Waals surface area contributed by atoms with Crippen LogP contribution in [0.1, 0.15) is 10.4 Å². The summed E-state index contributed by atoms with van der Waals surface area (Å²) in [5, 5.41) is 14.8. The summed E-state index contributed by atoms with van der Waals surface area (Å²) in [5.41, 5.74) is 1.54. The van der Waals surface area contributed by atoms with Gasteiger partial charge in [0.25, 0.3) is 5.91 Å². The van der Waals surface area contributed by atoms with Crippen molar-refractivity contribution in [3.05, 3.63) is 54.1 Å². The first-order valence-electron chi connectivity index (χ1n) is 7.59. The number of rotatable bonds is 7. The van der Waals surface area contributed by atoms with Gasteiger partial charge in [-0.25, -0.2) is 4.79 Å². The largest absolute Gasteiger partial charge is 0.495 e. The Morgan fingerprint density at radius 3 is 2.32 bits per heavy atom. The summed E-state index contributed by atoms with van der Waals surface area (Å²) < 4.78 is 9.84. The number of anilines is 2. The molecule has 2 aromatic rings. The molecule has 0 unspecified atom stereocenters. The monoisotopic (exact) mass is 344 g/mol. The molecule has 7 heteroatoms. The molecular weight excluding hydrogens is 324 g/mol. The van der Waals surface area contributed by atoms with Gasteiger partial charge in [0.05, 0.1) is 37.8 Å². The van der Waals surface area contributed by atoms with Crippen LogP contribution < -0.4 is 15.4 Å². The number of ether oxygens (including phenoxy) is 2. The number of amides is 1. The topological polar surface area (TPSA) is 96.9 Å². The zero-order chi connectivity index (χ0) is 18.2. The highest BCUT2D eigenvalue weighted by Gasteiger charge is 2.22. The third-order valence-electron chi connectivity index (χ3n) is 3.52. The maximum Gasteiger partial charge on any atom is 0.330 e. The molecule has 7 nitrogen and oxygen atoms in total. The molecule has 2 rings (SSSR count). The van der Waals surface area contributed by atoms with Crippen molar-refractivity contribution in [1.82, 2.24) is 5.32 Å². The standard InChI is InChI=1S/C18H20N2O5/c1-24-16-10-6-5-9-14(16)19-13-8-4-3-7-12(13)17(22)20-15(11-21)18(23)25-2/h3-10,15,19,21H,11H2,1-2H3,(H,20,22)/t15-/m0/s1. The molecule has 0 saturated heterocycles. The van der Waals surface area contributed by atoms with Crippen LogP contribution in [0.5, 0.6) is 5.75 Å². The summed E-state index contributed by atoms with van der Waals surface area (Å²) in [6.07, 6.45) is 0. The van der Waals surface area contributed by atoms with Gasteiger partial charge in [0.15, 0.2) is 6.04 Å². The lowest BCUT2D eigenvalue weighted by Gasteiger charge is -2.17. The van der Waals surface area contributed by atoms with Crippen molar-refractivity contribution in [3.63, 3.8) is 0 Å². The normalized spacial score (nSPS) is 11.3. The maximum absolute atomic E-state index is 12.5. The molecule has 0 aliphatic rings. The molecule has 0 aromatic heterocycles. The van der Waals surface area contributed by atoms with Gasteiger partial charge in [-0.05, 0) is 24.3 Å². The van der Waals surface area contributed by atoms with Gasteiger partial charge >= 0.3 is 5.97 Å². The van der Waals surface area contributed by atoms with E-state index >= 15 is 0 Å². The maximum atomic E-state index is 12.5. The number of hydrogen-bond acceptors (Lipinski definition) is 6. The predicted molar refractivity (Wildman–Crippen MR) is 93.1 cm³/mol. The van der Waals surface area contributed by atoms with Gasteiger partial charge in [-0.3, -0.25) is 4.79 Å². The molecule has 0 spiro atoms. The Labute approximate surface area is 145 Å². The van der Waals surface area contributed by atoms with E-state index in [1.165, 1.54) is 7.11 Å². The second-order valence-corrected chi connectivity index (χ2v) is 5.10. The number of nitrogens with one attached hydrogen (secondary N) is 2. The van der Waals surface area contributed by atoms with Crippen LogP contribution in [-0.2, 0) is 9.53 Å². The van der Waals surface area contributed by atoms with E-state index in [1.807, 2.05) is 18.2 Å². The summed E-state index contributed by atoms with van der Waals surface area (Å²) in [6.45, 7) is -0.555. The molecular formula is C18H20N2O5. The number of para-hydroxylation sites is 3. The summed E-state index contributed by atoms with van der Waals surface area (Å²) in [4.78, 5) is 24.0. The van der Waals surface area contributed by atoms with Gasteiger partial charge in [-0.15, -0.1) is 0 Å². The lowest BCUT2D eigenvalue weighted by atomic mass is 10.1. The molecule has 0 aliphatic heterocycles. The van der Waals surface area contributed by atoms with Crippen LogP contribution in [0.4, 0.5) is 11.4 Å². The Bertz CT molecular complexity index is 748. The van der Waals surface area contributed by atoms with Gasteiger partial charge in [0.2, 0.25) is 0 Å². The fourth-order valence-electron chi connectivity index (χ4n) is 2.24. The quantitative estimate of drug-likeness (QED) is 0.662. The number of hydrogen-bond donors (Lipinski definition) is 3. The fourth-order valence-corrected chi connectivity index (χ4v) is 2.24. The van der Waals surface area contributed by atoms with Crippen LogP contribution in [0.25, 0.3) is 0 Å². The first kappa shape index (κ1) is 18.3. The van der Waals surface area contributed by atoms with Gasteiger partial charge in [-0.2, -0.15) is 0 Å². The summed E-state index contributed by atoms with van der Waals surface area (Å²) in [6, 6.07) is 13.0. The molecule has 0 radical (unpaired) electrons. The zero-order valence-corrected chi connectivity index (χ0v) is 14.0. The number of carbonyl (C=O) groups is 2. The second-order valence-electron chi connectivity index (χ2n) is 5.10. The average Bonchev–Trinajstić information content (AvgIpc) is 2.66. The van der Waals surface area contributed by atoms with Gasteiger partial charge in [-0.1, -0.05) is 24.3 Å². The van der Waals surface area contributed by atoms with E-state index in [9.17, 15) is 14.7 Å². The molecule has 0 saturated carbocycles. The third-order valence-corrected chi connectivity index (χ3v) is 3.52. The van der Waals surface area contributed by atoms with E-state index in [4.69, 9.17) is 4.74 Å². The molecule has 1 amide bonds. The zero-order valence-electron chi connectivity index (χ0n) is 14.0. The van der Waals surface area contributed by atoms with Crippen LogP contribution in [0, 0.1) is 0 Å². The first-order chi connectivity index (χ1) is 12.1. The minimum absolute atomic E-state index is 0.316. The van der Waals surface area contributed by atoms with Crippen LogP contribution in [0.15, 0.2) is 48.5 Å². The van der Waals surface area contributed by atoms with Crippen molar-refractivity contribution < 1.29 is 24.2 Å². The Kier molecular flexibility index (Phi) is 6.36. The SMILES string of the molecule is COC(=O)[C@H](CO)NC(=O)c1ccccc1Nc1ccccc1OC. The summed E-state index contributed by atoms with van der Waals surface area (Å²) >= 11 is 0. The van der Waals surface area contributed by atoms with Crippen molar-refractivity contribution in [3.8, 4) is 5.75 Å². The molecule has 0 heterocycles. The fraction of sp³-hybridized carbons (Fsp3) is 0.222. The lowest BCUT2D eigenvalue weighted by Crippen LogP contribution is -2.44. The third kappa shape index (κ3) is 4.48. The average molecular weight is 344 g/mol. The van der Waals surface area contributed by atoms with Crippen molar-refractivity contribution in [1.29, 1.82) is 0 Å². The number of carbonyl (C=O) groups excluding carboxylic acids is 2. The van der Waals surface area contributed by atoms with Crippen molar-refractivity contribution in [2.45, 2.75) is 6.04 Å². The second kappa shape index (κ2) is 8.70. The molecule has 132 valence electrons. The highest BCUT2D eigenvalue weighted by molar-refractivity contribution is 6.02. The smallest absolute Gasteiger partial charge is 0.330 e. The van der Waals surface area contributed by atoms with E-state index in [0.29, 0.717) is 22.7 Å². The molecule has 1 atom stereocenters. The molecule has 0 fully saturated rings. The van der Waals surface area contributed by atoms with Crippen molar-refractivity contribution in [2.75, 3.05) is 26.1 Å². The van der Waals surface area contributed by atoms with E-state index in [0.717, 1.165) is 0 Å². The van der Waals surface area contributed by atoms with E-state index in [-0.39, 0.29) is 0 Å². The number of benzene rings is 2. The summed E-state index contributed by atoms with van der Waals surface area (Å²) in [7, 11) is 2.75. The molecule has 2 aromatic carbocycles. The number of esters is 1. The van der Waals surface area contributed by atoms with Crippen LogP contribution in [-0.4, -0.2) is 43.9 Å². The Balaban J connectivity index is 2.25. The Hall–Kier alpha value is -3.06. The lowest BCUT2D eigenvalue weighted by molar-refractivity contribution is -0.143.